The predicted molar refractivity (Wildman–Crippen MR) is 77.6 cm³/mol. The maximum atomic E-state index is 11.7. The Kier molecular flexibility index (Phi) is 5.38. The van der Waals surface area contributed by atoms with Crippen LogP contribution in [-0.2, 0) is 17.9 Å². The maximum absolute atomic E-state index is 11.7. The average Bonchev–Trinajstić information content (AvgIpc) is 2.93. The number of rotatable bonds is 6. The summed E-state index contributed by atoms with van der Waals surface area (Å²) in [4.78, 5) is 15.5. The van der Waals surface area contributed by atoms with Crippen molar-refractivity contribution < 1.29 is 4.79 Å². The van der Waals surface area contributed by atoms with Crippen LogP contribution < -0.4 is 5.32 Å². The molecule has 106 valence electrons. The van der Waals surface area contributed by atoms with Crippen molar-refractivity contribution >= 4 is 29.1 Å². The number of benzene rings is 1. The van der Waals surface area contributed by atoms with Crippen molar-refractivity contribution in [2.24, 2.45) is 0 Å². The smallest absolute Gasteiger partial charge is 0.220 e. The fourth-order valence-corrected chi connectivity index (χ4v) is 2.01. The van der Waals surface area contributed by atoms with E-state index in [0.29, 0.717) is 29.6 Å². The number of aryl methyl sites for hydroxylation is 1. The molecule has 5 nitrogen and oxygen atoms in total. The van der Waals surface area contributed by atoms with Crippen LogP contribution in [0.15, 0.2) is 30.9 Å². The standard InChI is InChI=1S/C13H14Cl2N4O/c14-11-4-3-10(6-12(11)15)7-17-13(20)2-1-5-19-9-16-8-18-19/h3-4,6,8-9H,1-2,5,7H2,(H,17,20). The molecule has 20 heavy (non-hydrogen) atoms. The van der Waals surface area contributed by atoms with Crippen molar-refractivity contribution in [3.05, 3.63) is 46.5 Å². The molecule has 0 aliphatic heterocycles. The lowest BCUT2D eigenvalue weighted by Gasteiger charge is -2.06. The van der Waals surface area contributed by atoms with E-state index < -0.39 is 0 Å². The van der Waals surface area contributed by atoms with E-state index in [9.17, 15) is 4.79 Å². The molecule has 0 saturated heterocycles. The largest absolute Gasteiger partial charge is 0.352 e. The number of hydrogen-bond acceptors (Lipinski definition) is 3. The van der Waals surface area contributed by atoms with Gasteiger partial charge in [0.1, 0.15) is 12.7 Å². The Bertz CT molecular complexity index is 572. The Morgan fingerprint density at radius 1 is 1.30 bits per heavy atom. The lowest BCUT2D eigenvalue weighted by atomic mass is 10.2. The molecule has 0 bridgehead atoms. The number of hydrogen-bond donors (Lipinski definition) is 1. The Hall–Kier alpha value is -1.59. The van der Waals surface area contributed by atoms with E-state index in [1.54, 1.807) is 23.1 Å². The van der Waals surface area contributed by atoms with Gasteiger partial charge in [0.15, 0.2) is 0 Å². The average molecular weight is 313 g/mol. The van der Waals surface area contributed by atoms with E-state index in [1.165, 1.54) is 6.33 Å². The quantitative estimate of drug-likeness (QED) is 0.892. The summed E-state index contributed by atoms with van der Waals surface area (Å²) >= 11 is 11.7. The molecule has 1 N–H and O–H groups in total. The van der Waals surface area contributed by atoms with Crippen LogP contribution in [0.3, 0.4) is 0 Å². The third kappa shape index (κ3) is 4.51. The molecule has 1 heterocycles. The first kappa shape index (κ1) is 14.8. The monoisotopic (exact) mass is 312 g/mol. The molecule has 2 rings (SSSR count). The van der Waals surface area contributed by atoms with E-state index in [2.05, 4.69) is 15.4 Å². The molecule has 0 saturated carbocycles. The van der Waals surface area contributed by atoms with Crippen LogP contribution in [0.4, 0.5) is 0 Å². The third-order valence-corrected chi connectivity index (χ3v) is 3.47. The number of carbonyl (C=O) groups is 1. The number of nitrogens with one attached hydrogen (secondary N) is 1. The van der Waals surface area contributed by atoms with E-state index in [0.717, 1.165) is 12.0 Å². The fourth-order valence-electron chi connectivity index (χ4n) is 1.69. The highest BCUT2D eigenvalue weighted by atomic mass is 35.5. The Morgan fingerprint density at radius 3 is 2.85 bits per heavy atom. The van der Waals surface area contributed by atoms with Crippen molar-refractivity contribution in [3.8, 4) is 0 Å². The second-order valence-electron chi connectivity index (χ2n) is 4.29. The van der Waals surface area contributed by atoms with E-state index in [1.807, 2.05) is 6.07 Å². The van der Waals surface area contributed by atoms with Gasteiger partial charge < -0.3 is 5.32 Å². The predicted octanol–water partition coefficient (Wildman–Crippen LogP) is 2.68. The molecular weight excluding hydrogens is 299 g/mol. The number of carbonyl (C=O) groups excluding carboxylic acids is 1. The molecule has 0 fully saturated rings. The first-order valence-electron chi connectivity index (χ1n) is 6.18. The van der Waals surface area contributed by atoms with Gasteiger partial charge in [0, 0.05) is 19.5 Å². The summed E-state index contributed by atoms with van der Waals surface area (Å²) < 4.78 is 1.70. The van der Waals surface area contributed by atoms with E-state index in [4.69, 9.17) is 23.2 Å². The first-order chi connectivity index (χ1) is 9.65. The van der Waals surface area contributed by atoms with Crippen LogP contribution in [0.25, 0.3) is 0 Å². The number of nitrogens with zero attached hydrogens (tertiary/aromatic N) is 3. The van der Waals surface area contributed by atoms with Crippen molar-refractivity contribution in [3.63, 3.8) is 0 Å². The van der Waals surface area contributed by atoms with Gasteiger partial charge in [-0.2, -0.15) is 5.10 Å². The second-order valence-corrected chi connectivity index (χ2v) is 5.10. The van der Waals surface area contributed by atoms with E-state index in [-0.39, 0.29) is 5.91 Å². The third-order valence-electron chi connectivity index (χ3n) is 2.73. The van der Waals surface area contributed by atoms with Crippen molar-refractivity contribution in [2.45, 2.75) is 25.9 Å². The van der Waals surface area contributed by atoms with Crippen LogP contribution in [0, 0.1) is 0 Å². The van der Waals surface area contributed by atoms with Crippen molar-refractivity contribution in [1.29, 1.82) is 0 Å². The van der Waals surface area contributed by atoms with Crippen molar-refractivity contribution in [1.82, 2.24) is 20.1 Å². The summed E-state index contributed by atoms with van der Waals surface area (Å²) in [5, 5.41) is 7.81. The van der Waals surface area contributed by atoms with E-state index >= 15 is 0 Å². The normalized spacial score (nSPS) is 10.5. The molecule has 0 aliphatic rings. The van der Waals surface area contributed by atoms with Gasteiger partial charge >= 0.3 is 0 Å². The van der Waals surface area contributed by atoms with Gasteiger partial charge in [-0.25, -0.2) is 4.98 Å². The van der Waals surface area contributed by atoms with Gasteiger partial charge in [0.25, 0.3) is 0 Å². The lowest BCUT2D eigenvalue weighted by molar-refractivity contribution is -0.121. The SMILES string of the molecule is O=C(CCCn1cncn1)NCc1ccc(Cl)c(Cl)c1. The first-order valence-corrected chi connectivity index (χ1v) is 6.94. The number of amides is 1. The summed E-state index contributed by atoms with van der Waals surface area (Å²) in [6.45, 7) is 1.12. The highest BCUT2D eigenvalue weighted by Crippen LogP contribution is 2.22. The molecule has 0 spiro atoms. The Morgan fingerprint density at radius 2 is 2.15 bits per heavy atom. The topological polar surface area (TPSA) is 59.8 Å². The van der Waals surface area contributed by atoms with Crippen LogP contribution in [0.5, 0.6) is 0 Å². The van der Waals surface area contributed by atoms with Gasteiger partial charge in [-0.05, 0) is 24.1 Å². The number of halogens is 2. The summed E-state index contributed by atoms with van der Waals surface area (Å²) in [6, 6.07) is 5.31. The van der Waals surface area contributed by atoms with Crippen molar-refractivity contribution in [2.75, 3.05) is 0 Å². The summed E-state index contributed by atoms with van der Waals surface area (Å²) in [5.41, 5.74) is 0.920. The van der Waals surface area contributed by atoms with Gasteiger partial charge in [-0.3, -0.25) is 9.48 Å². The minimum absolute atomic E-state index is 0.00353. The second kappa shape index (κ2) is 7.26. The van der Waals surface area contributed by atoms with Gasteiger partial charge in [-0.1, -0.05) is 29.3 Å². The summed E-state index contributed by atoms with van der Waals surface area (Å²) in [6.07, 6.45) is 4.27. The minimum atomic E-state index is -0.00353. The zero-order chi connectivity index (χ0) is 14.4. The van der Waals surface area contributed by atoms with Crippen LogP contribution >= 0.6 is 23.2 Å². The molecule has 0 radical (unpaired) electrons. The molecule has 1 aromatic carbocycles. The highest BCUT2D eigenvalue weighted by Gasteiger charge is 2.03. The highest BCUT2D eigenvalue weighted by molar-refractivity contribution is 6.42. The maximum Gasteiger partial charge on any atom is 0.220 e. The van der Waals surface area contributed by atoms with Gasteiger partial charge in [0.05, 0.1) is 10.0 Å². The lowest BCUT2D eigenvalue weighted by Crippen LogP contribution is -2.22. The molecule has 1 aromatic heterocycles. The zero-order valence-corrected chi connectivity index (χ0v) is 12.2. The molecular formula is C13H14Cl2N4O. The molecule has 1 amide bonds. The zero-order valence-electron chi connectivity index (χ0n) is 10.7. The number of aromatic nitrogens is 3. The van der Waals surface area contributed by atoms with Gasteiger partial charge in [-0.15, -0.1) is 0 Å². The van der Waals surface area contributed by atoms with Crippen LogP contribution in [0.1, 0.15) is 18.4 Å². The molecule has 2 aromatic rings. The van der Waals surface area contributed by atoms with Crippen LogP contribution in [0.2, 0.25) is 10.0 Å². The molecule has 7 heteroatoms. The van der Waals surface area contributed by atoms with Gasteiger partial charge in [0.2, 0.25) is 5.91 Å². The molecule has 0 unspecified atom stereocenters. The molecule has 0 atom stereocenters. The van der Waals surface area contributed by atoms with Crippen LogP contribution in [-0.4, -0.2) is 20.7 Å². The Balaban J connectivity index is 1.70. The molecule has 0 aliphatic carbocycles. The Labute approximate surface area is 126 Å². The minimum Gasteiger partial charge on any atom is -0.352 e. The fraction of sp³-hybridized carbons (Fsp3) is 0.308. The summed E-state index contributed by atoms with van der Waals surface area (Å²) in [7, 11) is 0. The summed E-state index contributed by atoms with van der Waals surface area (Å²) in [5.74, 6) is -0.00353.